The van der Waals surface area contributed by atoms with Crippen LogP contribution in [0.5, 0.6) is 0 Å². The minimum Gasteiger partial charge on any atom is -0.350 e. The molecule has 0 spiro atoms. The van der Waals surface area contributed by atoms with Crippen molar-refractivity contribution in [3.05, 3.63) is 28.7 Å². The quantitative estimate of drug-likeness (QED) is 0.829. The van der Waals surface area contributed by atoms with Gasteiger partial charge in [0.2, 0.25) is 5.91 Å². The maximum absolute atomic E-state index is 11.7. The molecule has 0 unspecified atom stereocenters. The molecular formula is C12H14N4OS2. The van der Waals surface area contributed by atoms with Gasteiger partial charge in [-0.25, -0.2) is 0 Å². The average molecular weight is 294 g/mol. The van der Waals surface area contributed by atoms with Crippen LogP contribution in [0.15, 0.2) is 29.0 Å². The van der Waals surface area contributed by atoms with Gasteiger partial charge in [0.25, 0.3) is 0 Å². The van der Waals surface area contributed by atoms with E-state index in [-0.39, 0.29) is 5.91 Å². The van der Waals surface area contributed by atoms with Gasteiger partial charge in [-0.2, -0.15) is 0 Å². The first kappa shape index (κ1) is 12.7. The molecule has 1 amide bonds. The summed E-state index contributed by atoms with van der Waals surface area (Å²) in [5.41, 5.74) is 0. The topological polar surface area (TPSA) is 59.8 Å². The lowest BCUT2D eigenvalue weighted by atomic mass is 10.4. The molecule has 1 N–H and O–H groups in total. The first-order valence-electron chi connectivity index (χ1n) is 6.14. The molecule has 2 aromatic heterocycles. The molecule has 1 aliphatic rings. The van der Waals surface area contributed by atoms with Crippen molar-refractivity contribution in [3.8, 4) is 0 Å². The zero-order chi connectivity index (χ0) is 13.1. The largest absolute Gasteiger partial charge is 0.350 e. The van der Waals surface area contributed by atoms with Gasteiger partial charge in [-0.05, 0) is 24.3 Å². The van der Waals surface area contributed by atoms with E-state index in [9.17, 15) is 4.79 Å². The number of hydrogen-bond acceptors (Lipinski definition) is 5. The fraction of sp³-hybridized carbons (Fsp3) is 0.417. The predicted octanol–water partition coefficient (Wildman–Crippen LogP) is 2.08. The Morgan fingerprint density at radius 2 is 2.47 bits per heavy atom. The number of aromatic nitrogens is 3. The minimum atomic E-state index is 0.0312. The lowest BCUT2D eigenvalue weighted by Crippen LogP contribution is -2.24. The maximum Gasteiger partial charge on any atom is 0.230 e. The lowest BCUT2D eigenvalue weighted by molar-refractivity contribution is -0.118. The summed E-state index contributed by atoms with van der Waals surface area (Å²) in [5.74, 6) is 0.417. The highest BCUT2D eigenvalue weighted by Gasteiger charge is 2.26. The SMILES string of the molecule is O=C(CSc1nncn1C1CC1)NCc1cccs1. The molecule has 1 saturated carbocycles. The molecule has 5 nitrogen and oxygen atoms in total. The average Bonchev–Trinajstić information content (AvgIpc) is 2.94. The highest BCUT2D eigenvalue weighted by atomic mass is 32.2. The number of amides is 1. The first-order chi connectivity index (χ1) is 9.33. The second kappa shape index (κ2) is 5.75. The monoisotopic (exact) mass is 294 g/mol. The molecule has 19 heavy (non-hydrogen) atoms. The summed E-state index contributed by atoms with van der Waals surface area (Å²) in [5, 5.41) is 13.7. The molecule has 0 saturated heterocycles. The second-order valence-corrected chi connectivity index (χ2v) is 6.37. The van der Waals surface area contributed by atoms with E-state index in [1.165, 1.54) is 29.5 Å². The third-order valence-electron chi connectivity index (χ3n) is 2.85. The van der Waals surface area contributed by atoms with Crippen LogP contribution in [0, 0.1) is 0 Å². The van der Waals surface area contributed by atoms with Crippen molar-refractivity contribution >= 4 is 29.0 Å². The molecule has 0 atom stereocenters. The first-order valence-corrected chi connectivity index (χ1v) is 8.01. The summed E-state index contributed by atoms with van der Waals surface area (Å²) >= 11 is 3.10. The fourth-order valence-electron chi connectivity index (χ4n) is 1.72. The molecule has 2 aromatic rings. The van der Waals surface area contributed by atoms with E-state index in [2.05, 4.69) is 20.1 Å². The Labute approximate surface area is 119 Å². The minimum absolute atomic E-state index is 0.0312. The summed E-state index contributed by atoms with van der Waals surface area (Å²) in [6.07, 6.45) is 4.13. The Kier molecular flexibility index (Phi) is 3.84. The number of thioether (sulfide) groups is 1. The highest BCUT2D eigenvalue weighted by molar-refractivity contribution is 7.99. The molecule has 0 bridgehead atoms. The van der Waals surface area contributed by atoms with Crippen LogP contribution in [0.4, 0.5) is 0 Å². The van der Waals surface area contributed by atoms with Gasteiger partial charge >= 0.3 is 0 Å². The van der Waals surface area contributed by atoms with Gasteiger partial charge in [0.1, 0.15) is 6.33 Å². The van der Waals surface area contributed by atoms with Crippen molar-refractivity contribution in [2.24, 2.45) is 0 Å². The molecule has 7 heteroatoms. The molecule has 0 aliphatic heterocycles. The number of thiophene rings is 1. The number of rotatable bonds is 6. The van der Waals surface area contributed by atoms with E-state index in [0.29, 0.717) is 18.3 Å². The lowest BCUT2D eigenvalue weighted by Gasteiger charge is -2.05. The maximum atomic E-state index is 11.7. The van der Waals surface area contributed by atoms with Crippen LogP contribution in [0.2, 0.25) is 0 Å². The molecule has 3 rings (SSSR count). The zero-order valence-electron chi connectivity index (χ0n) is 10.3. The van der Waals surface area contributed by atoms with E-state index >= 15 is 0 Å². The van der Waals surface area contributed by atoms with Gasteiger partial charge in [0.05, 0.1) is 12.3 Å². The van der Waals surface area contributed by atoms with Crippen LogP contribution >= 0.6 is 23.1 Å². The zero-order valence-corrected chi connectivity index (χ0v) is 11.9. The van der Waals surface area contributed by atoms with Gasteiger partial charge in [0, 0.05) is 10.9 Å². The molecule has 1 fully saturated rings. The van der Waals surface area contributed by atoms with Crippen molar-refractivity contribution < 1.29 is 4.79 Å². The van der Waals surface area contributed by atoms with Crippen LogP contribution in [-0.4, -0.2) is 26.4 Å². The second-order valence-electron chi connectivity index (χ2n) is 4.40. The van der Waals surface area contributed by atoms with E-state index in [0.717, 1.165) is 5.16 Å². The number of carbonyl (C=O) groups excluding carboxylic acids is 1. The summed E-state index contributed by atoms with van der Waals surface area (Å²) in [6, 6.07) is 4.55. The Bertz CT molecular complexity index is 548. The number of nitrogens with zero attached hydrogens (tertiary/aromatic N) is 3. The van der Waals surface area contributed by atoms with Crippen LogP contribution in [0.25, 0.3) is 0 Å². The van der Waals surface area contributed by atoms with E-state index < -0.39 is 0 Å². The summed E-state index contributed by atoms with van der Waals surface area (Å²) < 4.78 is 2.07. The van der Waals surface area contributed by atoms with Crippen molar-refractivity contribution in [2.75, 3.05) is 5.75 Å². The molecule has 0 radical (unpaired) electrons. The molecule has 1 aliphatic carbocycles. The van der Waals surface area contributed by atoms with Crippen LogP contribution in [0.1, 0.15) is 23.8 Å². The molecular weight excluding hydrogens is 280 g/mol. The molecule has 0 aromatic carbocycles. The number of nitrogens with one attached hydrogen (secondary N) is 1. The van der Waals surface area contributed by atoms with Crippen molar-refractivity contribution in [3.63, 3.8) is 0 Å². The van der Waals surface area contributed by atoms with Gasteiger partial charge in [0.15, 0.2) is 5.16 Å². The van der Waals surface area contributed by atoms with Gasteiger partial charge in [-0.15, -0.1) is 21.5 Å². The van der Waals surface area contributed by atoms with Crippen LogP contribution < -0.4 is 5.32 Å². The Morgan fingerprint density at radius 1 is 1.58 bits per heavy atom. The Morgan fingerprint density at radius 3 is 3.21 bits per heavy atom. The van der Waals surface area contributed by atoms with Crippen molar-refractivity contribution in [1.82, 2.24) is 20.1 Å². The molecule has 100 valence electrons. The predicted molar refractivity (Wildman–Crippen MR) is 75.2 cm³/mol. The van der Waals surface area contributed by atoms with Crippen molar-refractivity contribution in [2.45, 2.75) is 30.6 Å². The smallest absolute Gasteiger partial charge is 0.230 e. The van der Waals surface area contributed by atoms with E-state index in [1.807, 2.05) is 17.5 Å². The van der Waals surface area contributed by atoms with E-state index in [1.54, 1.807) is 17.7 Å². The fourth-order valence-corrected chi connectivity index (χ4v) is 3.18. The Hall–Kier alpha value is -1.34. The van der Waals surface area contributed by atoms with E-state index in [4.69, 9.17) is 0 Å². The van der Waals surface area contributed by atoms with Gasteiger partial charge in [-0.3, -0.25) is 4.79 Å². The third-order valence-corrected chi connectivity index (χ3v) is 4.69. The third kappa shape index (κ3) is 3.36. The molecule has 2 heterocycles. The van der Waals surface area contributed by atoms with Gasteiger partial charge < -0.3 is 9.88 Å². The number of carbonyl (C=O) groups is 1. The highest BCUT2D eigenvalue weighted by Crippen LogP contribution is 2.37. The van der Waals surface area contributed by atoms with Crippen LogP contribution in [-0.2, 0) is 11.3 Å². The van der Waals surface area contributed by atoms with Crippen molar-refractivity contribution in [1.29, 1.82) is 0 Å². The normalized spacial score (nSPS) is 14.5. The van der Waals surface area contributed by atoms with Gasteiger partial charge in [-0.1, -0.05) is 17.8 Å². The van der Waals surface area contributed by atoms with Crippen LogP contribution in [0.3, 0.4) is 0 Å². The summed E-state index contributed by atoms with van der Waals surface area (Å²) in [6.45, 7) is 0.604. The Balaban J connectivity index is 1.46. The summed E-state index contributed by atoms with van der Waals surface area (Å²) in [4.78, 5) is 12.9. The number of hydrogen-bond donors (Lipinski definition) is 1. The standard InChI is InChI=1S/C12H14N4OS2/c17-11(13-6-10-2-1-5-18-10)7-19-12-15-14-8-16(12)9-3-4-9/h1-2,5,8-9H,3-4,6-7H2,(H,13,17). The summed E-state index contributed by atoms with van der Waals surface area (Å²) in [7, 11) is 0.